The molecule has 0 spiro atoms. The van der Waals surface area contributed by atoms with E-state index < -0.39 is 39.1 Å². The fourth-order valence-corrected chi connectivity index (χ4v) is 3.88. The third-order valence-corrected chi connectivity index (χ3v) is 5.63. The molecule has 13 heteroatoms. The highest BCUT2D eigenvalue weighted by molar-refractivity contribution is 6.03. The average molecular weight is 510 g/mol. The second-order valence-electron chi connectivity index (χ2n) is 7.76. The maximum absolute atomic E-state index is 13.6. The number of nitrogens with one attached hydrogen (secondary N) is 1. The number of anilines is 1. The lowest BCUT2D eigenvalue weighted by atomic mass is 9.97. The molecule has 0 bridgehead atoms. The van der Waals surface area contributed by atoms with E-state index in [2.05, 4.69) is 10.5 Å². The van der Waals surface area contributed by atoms with Crippen molar-refractivity contribution in [2.45, 2.75) is 12.5 Å². The molecule has 0 radical (unpaired) electrons. The van der Waals surface area contributed by atoms with Crippen LogP contribution in [0.15, 0.2) is 59.7 Å². The summed E-state index contributed by atoms with van der Waals surface area (Å²) in [7, 11) is 2.83. The van der Waals surface area contributed by atoms with Crippen LogP contribution in [0.25, 0.3) is 0 Å². The van der Waals surface area contributed by atoms with Crippen LogP contribution in [0.3, 0.4) is 0 Å². The van der Waals surface area contributed by atoms with E-state index in [-0.39, 0.29) is 29.1 Å². The molecule has 0 amide bonds. The first kappa shape index (κ1) is 25.0. The largest absolute Gasteiger partial charge is 0.493 e. The van der Waals surface area contributed by atoms with Crippen LogP contribution in [-0.4, -0.2) is 35.7 Å². The number of carbonyl (C=O) groups excluding carboxylic acids is 1. The van der Waals surface area contributed by atoms with Gasteiger partial charge in [0.25, 0.3) is 5.69 Å². The Morgan fingerprint density at radius 1 is 1.05 bits per heavy atom. The molecular formula is C24H19FN4O8. The highest BCUT2D eigenvalue weighted by Crippen LogP contribution is 2.43. The molecule has 0 saturated heterocycles. The summed E-state index contributed by atoms with van der Waals surface area (Å²) >= 11 is 0. The monoisotopic (exact) mass is 510 g/mol. The van der Waals surface area contributed by atoms with E-state index in [0.29, 0.717) is 16.9 Å². The lowest BCUT2D eigenvalue weighted by Crippen LogP contribution is -2.11. The standard InChI is InChI=1S/C24H19FN4O8/c1-35-20-10-8-16-21(37-24(30)22(16)23(20)36-2)12-18(13-3-5-14(25)6-4-13)27-26-17-9-7-15(28(31)32)11-19(17)29(33)34/h3-11,21,26H,12H2,1-2H3/t21-/m1/s1. The van der Waals surface area contributed by atoms with Crippen molar-refractivity contribution in [3.05, 3.63) is 97.3 Å². The van der Waals surface area contributed by atoms with Crippen LogP contribution in [-0.2, 0) is 4.74 Å². The number of benzene rings is 3. The second kappa shape index (κ2) is 10.3. The molecule has 12 nitrogen and oxygen atoms in total. The fraction of sp³-hybridized carbons (Fsp3) is 0.167. The summed E-state index contributed by atoms with van der Waals surface area (Å²) in [6.45, 7) is 0. The topological polar surface area (TPSA) is 155 Å². The fourth-order valence-electron chi connectivity index (χ4n) is 3.88. The minimum absolute atomic E-state index is 0.00757. The predicted octanol–water partition coefficient (Wildman–Crippen LogP) is 4.78. The number of carbonyl (C=O) groups is 1. The molecule has 1 atom stereocenters. The Morgan fingerprint density at radius 2 is 1.78 bits per heavy atom. The first-order valence-corrected chi connectivity index (χ1v) is 10.7. The number of esters is 1. The van der Waals surface area contributed by atoms with Gasteiger partial charge in [0.1, 0.15) is 23.2 Å². The van der Waals surface area contributed by atoms with Gasteiger partial charge in [-0.2, -0.15) is 5.10 Å². The molecule has 0 fully saturated rings. The first-order valence-electron chi connectivity index (χ1n) is 10.7. The van der Waals surface area contributed by atoms with Crippen LogP contribution in [0.1, 0.15) is 34.0 Å². The number of halogens is 1. The molecule has 0 aromatic heterocycles. The van der Waals surface area contributed by atoms with Gasteiger partial charge in [-0.3, -0.25) is 25.7 Å². The van der Waals surface area contributed by atoms with Gasteiger partial charge in [-0.25, -0.2) is 9.18 Å². The zero-order chi connectivity index (χ0) is 26.7. The lowest BCUT2D eigenvalue weighted by Gasteiger charge is -2.15. The summed E-state index contributed by atoms with van der Waals surface area (Å²) in [6, 6.07) is 11.7. The zero-order valence-electron chi connectivity index (χ0n) is 19.5. The maximum Gasteiger partial charge on any atom is 0.343 e. The molecule has 1 N–H and O–H groups in total. The molecule has 1 aliphatic rings. The predicted molar refractivity (Wildman–Crippen MR) is 129 cm³/mol. The van der Waals surface area contributed by atoms with E-state index in [1.165, 1.54) is 38.5 Å². The van der Waals surface area contributed by atoms with Crippen LogP contribution in [0.5, 0.6) is 11.5 Å². The van der Waals surface area contributed by atoms with E-state index in [1.807, 2.05) is 0 Å². The van der Waals surface area contributed by atoms with E-state index in [9.17, 15) is 29.4 Å². The number of ether oxygens (including phenoxy) is 3. The van der Waals surface area contributed by atoms with Crippen LogP contribution in [0.2, 0.25) is 0 Å². The van der Waals surface area contributed by atoms with E-state index in [0.717, 1.165) is 18.2 Å². The Labute approximate surface area is 208 Å². The number of hydrazone groups is 1. The van der Waals surface area contributed by atoms with Crippen molar-refractivity contribution in [2.24, 2.45) is 5.10 Å². The van der Waals surface area contributed by atoms with Gasteiger partial charge in [0.05, 0.1) is 35.8 Å². The SMILES string of the molecule is COc1ccc2c(c1OC)C(=O)O[C@@H]2CC(=NNc1ccc([N+](=O)[O-])cc1[N+](=O)[O-])c1ccc(F)cc1. The highest BCUT2D eigenvalue weighted by Gasteiger charge is 2.36. The summed E-state index contributed by atoms with van der Waals surface area (Å²) in [5.41, 5.74) is 2.87. The number of non-ortho nitro benzene ring substituents is 1. The summed E-state index contributed by atoms with van der Waals surface area (Å²) in [5, 5.41) is 26.8. The number of methoxy groups -OCH3 is 2. The maximum atomic E-state index is 13.6. The van der Waals surface area contributed by atoms with E-state index in [4.69, 9.17) is 14.2 Å². The Morgan fingerprint density at radius 3 is 2.41 bits per heavy atom. The highest BCUT2D eigenvalue weighted by atomic mass is 19.1. The Bertz CT molecular complexity index is 1420. The smallest absolute Gasteiger partial charge is 0.343 e. The Balaban J connectivity index is 1.73. The molecule has 190 valence electrons. The summed E-state index contributed by atoms with van der Waals surface area (Å²) < 4.78 is 29.7. The van der Waals surface area contributed by atoms with Gasteiger partial charge >= 0.3 is 11.7 Å². The van der Waals surface area contributed by atoms with Gasteiger partial charge in [-0.05, 0) is 29.8 Å². The number of hydrogen-bond acceptors (Lipinski definition) is 10. The summed E-state index contributed by atoms with van der Waals surface area (Å²) in [5.74, 6) is -0.560. The van der Waals surface area contributed by atoms with E-state index >= 15 is 0 Å². The minimum Gasteiger partial charge on any atom is -0.493 e. The minimum atomic E-state index is -0.806. The Kier molecular flexibility index (Phi) is 6.95. The van der Waals surface area contributed by atoms with Crippen LogP contribution in [0, 0.1) is 26.0 Å². The van der Waals surface area contributed by atoms with Gasteiger partial charge in [0.15, 0.2) is 11.5 Å². The molecule has 37 heavy (non-hydrogen) atoms. The third kappa shape index (κ3) is 5.00. The van der Waals surface area contributed by atoms with Crippen molar-refractivity contribution in [2.75, 3.05) is 19.6 Å². The van der Waals surface area contributed by atoms with Crippen molar-refractivity contribution in [1.82, 2.24) is 0 Å². The van der Waals surface area contributed by atoms with Crippen molar-refractivity contribution in [3.63, 3.8) is 0 Å². The normalized spacial score (nSPS) is 14.5. The number of fused-ring (bicyclic) bond motifs is 1. The van der Waals surface area contributed by atoms with Gasteiger partial charge in [0.2, 0.25) is 0 Å². The van der Waals surface area contributed by atoms with Gasteiger partial charge < -0.3 is 14.2 Å². The summed E-state index contributed by atoms with van der Waals surface area (Å²) in [6.07, 6.45) is -0.798. The van der Waals surface area contributed by atoms with Crippen molar-refractivity contribution in [3.8, 4) is 11.5 Å². The molecule has 3 aromatic carbocycles. The first-order chi connectivity index (χ1) is 17.7. The van der Waals surface area contributed by atoms with Gasteiger partial charge in [0, 0.05) is 18.1 Å². The average Bonchev–Trinajstić information content (AvgIpc) is 3.21. The lowest BCUT2D eigenvalue weighted by molar-refractivity contribution is -0.393. The molecular weight excluding hydrogens is 491 g/mol. The summed E-state index contributed by atoms with van der Waals surface area (Å²) in [4.78, 5) is 33.7. The van der Waals surface area contributed by atoms with Crippen molar-refractivity contribution >= 4 is 28.7 Å². The molecule has 1 heterocycles. The van der Waals surface area contributed by atoms with Crippen LogP contribution in [0.4, 0.5) is 21.5 Å². The molecule has 3 aromatic rings. The van der Waals surface area contributed by atoms with Crippen LogP contribution >= 0.6 is 0 Å². The molecule has 0 saturated carbocycles. The quantitative estimate of drug-likeness (QED) is 0.185. The van der Waals surface area contributed by atoms with Crippen LogP contribution < -0.4 is 14.9 Å². The van der Waals surface area contributed by atoms with E-state index in [1.54, 1.807) is 12.1 Å². The number of nitro benzene ring substituents is 2. The van der Waals surface area contributed by atoms with Gasteiger partial charge in [-0.15, -0.1) is 0 Å². The number of nitrogens with zero attached hydrogens (tertiary/aromatic N) is 3. The second-order valence-corrected chi connectivity index (χ2v) is 7.76. The molecule has 4 rings (SSSR count). The van der Waals surface area contributed by atoms with Crippen molar-refractivity contribution in [1.29, 1.82) is 0 Å². The van der Waals surface area contributed by atoms with Crippen molar-refractivity contribution < 1.29 is 33.2 Å². The zero-order valence-corrected chi connectivity index (χ0v) is 19.5. The Hall–Kier alpha value is -5.07. The molecule has 0 aliphatic carbocycles. The number of rotatable bonds is 9. The number of hydrogen-bond donors (Lipinski definition) is 1. The molecule has 0 unspecified atom stereocenters. The van der Waals surface area contributed by atoms with Gasteiger partial charge in [-0.1, -0.05) is 18.2 Å². The number of nitro groups is 2. The molecule has 1 aliphatic heterocycles. The number of cyclic esters (lactones) is 1. The third-order valence-electron chi connectivity index (χ3n) is 5.63.